The van der Waals surface area contributed by atoms with Gasteiger partial charge in [-0.1, -0.05) is 48.9 Å². The fourth-order valence-corrected chi connectivity index (χ4v) is 2.22. The van der Waals surface area contributed by atoms with Gasteiger partial charge in [0.15, 0.2) is 0 Å². The lowest BCUT2D eigenvalue weighted by atomic mass is 9.97. The predicted molar refractivity (Wildman–Crippen MR) is 73.3 cm³/mol. The van der Waals surface area contributed by atoms with Gasteiger partial charge in [-0.25, -0.2) is 4.39 Å². The van der Waals surface area contributed by atoms with Gasteiger partial charge in [-0.3, -0.25) is 0 Å². The Morgan fingerprint density at radius 1 is 1.22 bits per heavy atom. The highest BCUT2D eigenvalue weighted by molar-refractivity contribution is 6.31. The molecular weight excluding hydrogens is 249 g/mol. The van der Waals surface area contributed by atoms with Crippen molar-refractivity contribution >= 4 is 11.6 Å². The Morgan fingerprint density at radius 2 is 2.00 bits per heavy atom. The number of benzene rings is 2. The topological polar surface area (TPSA) is 26.0 Å². The summed E-state index contributed by atoms with van der Waals surface area (Å²) in [4.78, 5) is 0. The summed E-state index contributed by atoms with van der Waals surface area (Å²) in [5, 5.41) is 0.365. The van der Waals surface area contributed by atoms with Gasteiger partial charge in [0.05, 0.1) is 6.04 Å². The Balaban J connectivity index is 2.37. The number of hydrogen-bond donors (Lipinski definition) is 1. The Morgan fingerprint density at radius 3 is 2.67 bits per heavy atom. The Hall–Kier alpha value is -1.38. The molecule has 0 aliphatic carbocycles. The third-order valence-electron chi connectivity index (χ3n) is 3.02. The zero-order valence-electron chi connectivity index (χ0n) is 10.2. The van der Waals surface area contributed by atoms with Gasteiger partial charge in [0.2, 0.25) is 0 Å². The standard InChI is InChI=1S/C15H15ClFN/c1-2-10-4-3-5-11(8-10)15(18)13-7-6-12(17)9-14(13)16/h3-9,15H,2,18H2,1H3. The molecule has 0 saturated carbocycles. The van der Waals surface area contributed by atoms with Gasteiger partial charge in [0, 0.05) is 5.02 Å². The third kappa shape index (κ3) is 2.71. The molecule has 1 unspecified atom stereocenters. The number of nitrogens with two attached hydrogens (primary N) is 1. The summed E-state index contributed by atoms with van der Waals surface area (Å²) >= 11 is 6.03. The molecule has 94 valence electrons. The zero-order chi connectivity index (χ0) is 13.1. The molecule has 2 aromatic carbocycles. The molecule has 0 aliphatic rings. The quantitative estimate of drug-likeness (QED) is 0.887. The van der Waals surface area contributed by atoms with Crippen molar-refractivity contribution < 1.29 is 4.39 Å². The van der Waals surface area contributed by atoms with Crippen LogP contribution < -0.4 is 5.73 Å². The monoisotopic (exact) mass is 263 g/mol. The molecule has 0 spiro atoms. The lowest BCUT2D eigenvalue weighted by Crippen LogP contribution is -2.12. The minimum absolute atomic E-state index is 0.329. The van der Waals surface area contributed by atoms with Crippen molar-refractivity contribution in [2.45, 2.75) is 19.4 Å². The molecule has 0 bridgehead atoms. The molecule has 0 radical (unpaired) electrons. The second-order valence-electron chi connectivity index (χ2n) is 4.24. The largest absolute Gasteiger partial charge is 0.320 e. The van der Waals surface area contributed by atoms with Crippen molar-refractivity contribution in [1.29, 1.82) is 0 Å². The molecule has 18 heavy (non-hydrogen) atoms. The maximum absolute atomic E-state index is 13.0. The van der Waals surface area contributed by atoms with Crippen molar-refractivity contribution in [3.05, 3.63) is 70.0 Å². The van der Waals surface area contributed by atoms with Gasteiger partial charge < -0.3 is 5.73 Å². The van der Waals surface area contributed by atoms with Crippen molar-refractivity contribution in [3.8, 4) is 0 Å². The summed E-state index contributed by atoms with van der Waals surface area (Å²) < 4.78 is 13.0. The first-order valence-corrected chi connectivity index (χ1v) is 6.29. The molecule has 1 nitrogen and oxygen atoms in total. The lowest BCUT2D eigenvalue weighted by molar-refractivity contribution is 0.626. The van der Waals surface area contributed by atoms with Crippen LogP contribution in [0.25, 0.3) is 0 Å². The first kappa shape index (κ1) is 13.1. The smallest absolute Gasteiger partial charge is 0.124 e. The maximum Gasteiger partial charge on any atom is 0.124 e. The summed E-state index contributed by atoms with van der Waals surface area (Å²) in [5.41, 5.74) is 9.14. The molecule has 2 N–H and O–H groups in total. The highest BCUT2D eigenvalue weighted by Gasteiger charge is 2.13. The van der Waals surface area contributed by atoms with E-state index in [9.17, 15) is 4.39 Å². The summed E-state index contributed by atoms with van der Waals surface area (Å²) in [5.74, 6) is -0.349. The number of halogens is 2. The fourth-order valence-electron chi connectivity index (χ4n) is 1.94. The Labute approximate surface area is 111 Å². The summed E-state index contributed by atoms with van der Waals surface area (Å²) in [6, 6.07) is 12.0. The molecule has 3 heteroatoms. The van der Waals surface area contributed by atoms with Crippen LogP contribution in [0.2, 0.25) is 5.02 Å². The van der Waals surface area contributed by atoms with Crippen LogP contribution in [-0.2, 0) is 6.42 Å². The van der Waals surface area contributed by atoms with Crippen molar-refractivity contribution in [1.82, 2.24) is 0 Å². The highest BCUT2D eigenvalue weighted by Crippen LogP contribution is 2.27. The summed E-state index contributed by atoms with van der Waals surface area (Å²) in [7, 11) is 0. The van der Waals surface area contributed by atoms with Crippen LogP contribution in [0.4, 0.5) is 4.39 Å². The maximum atomic E-state index is 13.0. The van der Waals surface area contributed by atoms with Gasteiger partial charge >= 0.3 is 0 Å². The van der Waals surface area contributed by atoms with E-state index in [0.717, 1.165) is 17.5 Å². The van der Waals surface area contributed by atoms with Crippen LogP contribution in [0.1, 0.15) is 29.7 Å². The first-order valence-electron chi connectivity index (χ1n) is 5.91. The van der Waals surface area contributed by atoms with E-state index in [0.29, 0.717) is 5.02 Å². The Bertz CT molecular complexity index is 554. The van der Waals surface area contributed by atoms with Gasteiger partial charge in [0.25, 0.3) is 0 Å². The minimum Gasteiger partial charge on any atom is -0.320 e. The number of aryl methyl sites for hydroxylation is 1. The van der Waals surface area contributed by atoms with Crippen LogP contribution in [0, 0.1) is 5.82 Å². The number of hydrogen-bond acceptors (Lipinski definition) is 1. The minimum atomic E-state index is -0.349. The normalized spacial score (nSPS) is 12.4. The van der Waals surface area contributed by atoms with Crippen LogP contribution in [-0.4, -0.2) is 0 Å². The molecule has 2 rings (SSSR count). The SMILES string of the molecule is CCc1cccc(C(N)c2ccc(F)cc2Cl)c1. The molecule has 0 aromatic heterocycles. The van der Waals surface area contributed by atoms with Crippen LogP contribution >= 0.6 is 11.6 Å². The van der Waals surface area contributed by atoms with Crippen LogP contribution in [0.5, 0.6) is 0 Å². The van der Waals surface area contributed by atoms with E-state index >= 15 is 0 Å². The van der Waals surface area contributed by atoms with Crippen molar-refractivity contribution in [3.63, 3.8) is 0 Å². The average Bonchev–Trinajstić information content (AvgIpc) is 2.38. The van der Waals surface area contributed by atoms with E-state index in [-0.39, 0.29) is 11.9 Å². The summed E-state index contributed by atoms with van der Waals surface area (Å²) in [6.45, 7) is 2.09. The van der Waals surface area contributed by atoms with E-state index in [4.69, 9.17) is 17.3 Å². The average molecular weight is 264 g/mol. The van der Waals surface area contributed by atoms with E-state index in [2.05, 4.69) is 19.1 Å². The first-order chi connectivity index (χ1) is 8.61. The molecule has 0 fully saturated rings. The van der Waals surface area contributed by atoms with Gasteiger partial charge in [-0.15, -0.1) is 0 Å². The van der Waals surface area contributed by atoms with Gasteiger partial charge in [-0.2, -0.15) is 0 Å². The van der Waals surface area contributed by atoms with Crippen LogP contribution in [0.15, 0.2) is 42.5 Å². The van der Waals surface area contributed by atoms with E-state index in [1.165, 1.54) is 17.7 Å². The highest BCUT2D eigenvalue weighted by atomic mass is 35.5. The second kappa shape index (κ2) is 5.51. The van der Waals surface area contributed by atoms with E-state index in [1.807, 2.05) is 12.1 Å². The molecular formula is C15H15ClFN. The molecule has 2 aromatic rings. The van der Waals surface area contributed by atoms with Gasteiger partial charge in [-0.05, 0) is 35.2 Å². The third-order valence-corrected chi connectivity index (χ3v) is 3.34. The van der Waals surface area contributed by atoms with Crippen molar-refractivity contribution in [2.75, 3.05) is 0 Å². The Kier molecular flexibility index (Phi) is 4.00. The molecule has 0 amide bonds. The fraction of sp³-hybridized carbons (Fsp3) is 0.200. The van der Waals surface area contributed by atoms with E-state index < -0.39 is 0 Å². The van der Waals surface area contributed by atoms with Crippen molar-refractivity contribution in [2.24, 2.45) is 5.73 Å². The lowest BCUT2D eigenvalue weighted by Gasteiger charge is -2.15. The van der Waals surface area contributed by atoms with E-state index in [1.54, 1.807) is 6.07 Å². The van der Waals surface area contributed by atoms with Crippen LogP contribution in [0.3, 0.4) is 0 Å². The summed E-state index contributed by atoms with van der Waals surface area (Å²) in [6.07, 6.45) is 0.956. The molecule has 0 heterocycles. The number of rotatable bonds is 3. The second-order valence-corrected chi connectivity index (χ2v) is 4.65. The predicted octanol–water partition coefficient (Wildman–Crippen LogP) is 4.09. The van der Waals surface area contributed by atoms with Gasteiger partial charge in [0.1, 0.15) is 5.82 Å². The molecule has 0 saturated heterocycles. The zero-order valence-corrected chi connectivity index (χ0v) is 10.9. The molecule has 1 atom stereocenters. The molecule has 0 aliphatic heterocycles.